The van der Waals surface area contributed by atoms with E-state index in [1.165, 1.54) is 22.3 Å². The lowest BCUT2D eigenvalue weighted by atomic mass is 9.95. The zero-order valence-corrected chi connectivity index (χ0v) is 17.8. The molecule has 3 aromatic heterocycles. The number of furan rings is 1. The third kappa shape index (κ3) is 3.36. The van der Waals surface area contributed by atoms with E-state index in [4.69, 9.17) is 9.15 Å². The molecular weight excluding hydrogens is 400 g/mol. The fourth-order valence-electron chi connectivity index (χ4n) is 4.24. The SMILES string of the molecule is COc1cccc(C(c2sc3nc(-c4ccco4)nn3c2O)N2CCCC(C)C2)c1. The third-order valence-electron chi connectivity index (χ3n) is 5.65. The van der Waals surface area contributed by atoms with Gasteiger partial charge in [0.2, 0.25) is 16.7 Å². The Morgan fingerprint density at radius 2 is 2.20 bits per heavy atom. The van der Waals surface area contributed by atoms with Gasteiger partial charge < -0.3 is 14.3 Å². The molecule has 156 valence electrons. The number of aromatic hydroxyl groups is 1. The number of piperidine rings is 1. The molecule has 5 rings (SSSR count). The first kappa shape index (κ1) is 19.1. The fraction of sp³-hybridized carbons (Fsp3) is 0.364. The van der Waals surface area contributed by atoms with Gasteiger partial charge in [-0.1, -0.05) is 30.4 Å². The Morgan fingerprint density at radius 1 is 1.30 bits per heavy atom. The fourth-order valence-corrected chi connectivity index (χ4v) is 5.36. The number of ether oxygens (including phenoxy) is 1. The smallest absolute Gasteiger partial charge is 0.230 e. The molecule has 7 nitrogen and oxygen atoms in total. The number of nitrogens with zero attached hydrogens (tertiary/aromatic N) is 4. The van der Waals surface area contributed by atoms with Crippen LogP contribution in [0.2, 0.25) is 0 Å². The average Bonchev–Trinajstić information content (AvgIpc) is 3.48. The molecule has 0 radical (unpaired) electrons. The second-order valence-corrected chi connectivity index (χ2v) is 8.83. The number of hydrogen-bond acceptors (Lipinski definition) is 7. The van der Waals surface area contributed by atoms with Crippen molar-refractivity contribution in [2.45, 2.75) is 25.8 Å². The number of methoxy groups -OCH3 is 1. The largest absolute Gasteiger partial charge is 0.497 e. The van der Waals surface area contributed by atoms with Gasteiger partial charge >= 0.3 is 0 Å². The second kappa shape index (κ2) is 7.77. The van der Waals surface area contributed by atoms with Gasteiger partial charge in [-0.05, 0) is 55.1 Å². The van der Waals surface area contributed by atoms with Crippen molar-refractivity contribution >= 4 is 16.3 Å². The maximum Gasteiger partial charge on any atom is 0.230 e. The van der Waals surface area contributed by atoms with Crippen molar-refractivity contribution in [2.75, 3.05) is 20.2 Å². The Balaban J connectivity index is 1.60. The van der Waals surface area contributed by atoms with Gasteiger partial charge in [0, 0.05) is 6.54 Å². The minimum atomic E-state index is -0.0802. The van der Waals surface area contributed by atoms with Crippen LogP contribution < -0.4 is 4.74 Å². The minimum Gasteiger partial charge on any atom is -0.497 e. The topological polar surface area (TPSA) is 76.0 Å². The van der Waals surface area contributed by atoms with Gasteiger partial charge in [0.05, 0.1) is 24.3 Å². The molecule has 1 saturated heterocycles. The molecular formula is C22H24N4O3S. The Morgan fingerprint density at radius 3 is 2.93 bits per heavy atom. The first-order valence-electron chi connectivity index (χ1n) is 10.1. The van der Waals surface area contributed by atoms with Crippen LogP contribution in [0.4, 0.5) is 0 Å². The predicted molar refractivity (Wildman–Crippen MR) is 115 cm³/mol. The van der Waals surface area contributed by atoms with E-state index in [9.17, 15) is 5.11 Å². The standard InChI is InChI=1S/C22H24N4O3S/c1-14-6-4-10-25(13-14)18(15-7-3-8-16(12-15)28-2)19-21(27)26-22(30-19)23-20(24-26)17-9-5-11-29-17/h3,5,7-9,11-12,14,18,27H,4,6,10,13H2,1-2H3. The van der Waals surface area contributed by atoms with E-state index in [1.54, 1.807) is 19.4 Å². The summed E-state index contributed by atoms with van der Waals surface area (Å²) in [5.74, 6) is 2.60. The molecule has 1 fully saturated rings. The van der Waals surface area contributed by atoms with Crippen LogP contribution in [0, 0.1) is 5.92 Å². The Bertz CT molecular complexity index is 1150. The van der Waals surface area contributed by atoms with E-state index in [2.05, 4.69) is 28.0 Å². The van der Waals surface area contributed by atoms with Crippen molar-refractivity contribution in [3.8, 4) is 23.2 Å². The lowest BCUT2D eigenvalue weighted by Gasteiger charge is -2.37. The van der Waals surface area contributed by atoms with Gasteiger partial charge in [0.15, 0.2) is 5.76 Å². The van der Waals surface area contributed by atoms with Crippen LogP contribution in [0.3, 0.4) is 0 Å². The highest BCUT2D eigenvalue weighted by molar-refractivity contribution is 7.17. The van der Waals surface area contributed by atoms with Gasteiger partial charge in [-0.3, -0.25) is 4.90 Å². The summed E-state index contributed by atoms with van der Waals surface area (Å²) in [6, 6.07) is 11.6. The average molecular weight is 425 g/mol. The third-order valence-corrected chi connectivity index (χ3v) is 6.73. The van der Waals surface area contributed by atoms with Crippen molar-refractivity contribution in [1.29, 1.82) is 0 Å². The zero-order chi connectivity index (χ0) is 20.7. The summed E-state index contributed by atoms with van der Waals surface area (Å²) in [5, 5.41) is 15.6. The number of likely N-dealkylation sites (tertiary alicyclic amines) is 1. The first-order chi connectivity index (χ1) is 14.6. The molecule has 0 bridgehead atoms. The Hall–Kier alpha value is -2.84. The van der Waals surface area contributed by atoms with Gasteiger partial charge in [-0.25, -0.2) is 0 Å². The lowest BCUT2D eigenvalue weighted by Crippen LogP contribution is -2.37. The van der Waals surface area contributed by atoms with Crippen LogP contribution in [0.25, 0.3) is 16.5 Å². The van der Waals surface area contributed by atoms with Crippen LogP contribution in [-0.4, -0.2) is 44.8 Å². The maximum absolute atomic E-state index is 11.1. The van der Waals surface area contributed by atoms with Crippen molar-refractivity contribution in [1.82, 2.24) is 19.5 Å². The molecule has 0 aliphatic carbocycles. The molecule has 2 unspecified atom stereocenters. The summed E-state index contributed by atoms with van der Waals surface area (Å²) < 4.78 is 12.4. The number of rotatable bonds is 5. The molecule has 0 spiro atoms. The normalized spacial score (nSPS) is 18.7. The van der Waals surface area contributed by atoms with Crippen molar-refractivity contribution in [3.63, 3.8) is 0 Å². The minimum absolute atomic E-state index is 0.0802. The molecule has 0 saturated carbocycles. The van der Waals surface area contributed by atoms with E-state index >= 15 is 0 Å². The van der Waals surface area contributed by atoms with E-state index < -0.39 is 0 Å². The molecule has 1 aliphatic rings. The molecule has 0 amide bonds. The Kier molecular flexibility index (Phi) is 4.96. The Labute approximate surface area is 178 Å². The monoisotopic (exact) mass is 424 g/mol. The van der Waals surface area contributed by atoms with Gasteiger partial charge in [0.1, 0.15) is 5.75 Å². The van der Waals surface area contributed by atoms with E-state index in [-0.39, 0.29) is 11.9 Å². The molecule has 1 aromatic carbocycles. The maximum atomic E-state index is 11.1. The summed E-state index contributed by atoms with van der Waals surface area (Å²) in [6.07, 6.45) is 3.97. The van der Waals surface area contributed by atoms with Crippen LogP contribution in [-0.2, 0) is 0 Å². The lowest BCUT2D eigenvalue weighted by molar-refractivity contribution is 0.149. The van der Waals surface area contributed by atoms with Crippen LogP contribution >= 0.6 is 11.3 Å². The molecule has 1 N–H and O–H groups in total. The van der Waals surface area contributed by atoms with E-state index in [0.29, 0.717) is 22.5 Å². The van der Waals surface area contributed by atoms with Crippen LogP contribution in [0.5, 0.6) is 11.6 Å². The first-order valence-corrected chi connectivity index (χ1v) is 11.0. The number of thiazole rings is 1. The van der Waals surface area contributed by atoms with Gasteiger partial charge in [-0.2, -0.15) is 9.50 Å². The number of hydrogen-bond donors (Lipinski definition) is 1. The quantitative estimate of drug-likeness (QED) is 0.505. The molecule has 4 aromatic rings. The summed E-state index contributed by atoms with van der Waals surface area (Å²) in [6.45, 7) is 4.25. The van der Waals surface area contributed by atoms with Crippen LogP contribution in [0.1, 0.15) is 36.2 Å². The van der Waals surface area contributed by atoms with Crippen molar-refractivity contribution in [2.24, 2.45) is 5.92 Å². The zero-order valence-electron chi connectivity index (χ0n) is 17.0. The van der Waals surface area contributed by atoms with Crippen molar-refractivity contribution < 1.29 is 14.3 Å². The van der Waals surface area contributed by atoms with E-state index in [0.717, 1.165) is 35.7 Å². The highest BCUT2D eigenvalue weighted by Crippen LogP contribution is 2.42. The molecule has 30 heavy (non-hydrogen) atoms. The number of benzene rings is 1. The number of aromatic nitrogens is 3. The summed E-state index contributed by atoms with van der Waals surface area (Å²) in [7, 11) is 1.67. The van der Waals surface area contributed by atoms with Crippen molar-refractivity contribution in [3.05, 3.63) is 53.1 Å². The van der Waals surface area contributed by atoms with Gasteiger partial charge in [0.25, 0.3) is 0 Å². The summed E-state index contributed by atoms with van der Waals surface area (Å²) in [5.41, 5.74) is 1.09. The molecule has 4 heterocycles. The highest BCUT2D eigenvalue weighted by atomic mass is 32.1. The predicted octanol–water partition coefficient (Wildman–Crippen LogP) is 4.59. The highest BCUT2D eigenvalue weighted by Gasteiger charge is 2.32. The molecule has 2 atom stereocenters. The van der Waals surface area contributed by atoms with Crippen LogP contribution in [0.15, 0.2) is 47.1 Å². The summed E-state index contributed by atoms with van der Waals surface area (Å²) in [4.78, 5) is 8.52. The molecule has 1 aliphatic heterocycles. The molecule has 8 heteroatoms. The second-order valence-electron chi connectivity index (χ2n) is 7.82. The number of fused-ring (bicyclic) bond motifs is 1. The van der Waals surface area contributed by atoms with E-state index in [1.807, 2.05) is 24.3 Å². The summed E-state index contributed by atoms with van der Waals surface area (Å²) >= 11 is 1.47. The van der Waals surface area contributed by atoms with Gasteiger partial charge in [-0.15, -0.1) is 5.10 Å².